The van der Waals surface area contributed by atoms with Gasteiger partial charge in [0.25, 0.3) is 5.91 Å². The van der Waals surface area contributed by atoms with E-state index >= 15 is 0 Å². The molecule has 1 aromatic heterocycles. The van der Waals surface area contributed by atoms with Gasteiger partial charge in [-0.15, -0.1) is 11.3 Å². The molecule has 2 heterocycles. The van der Waals surface area contributed by atoms with Crippen molar-refractivity contribution in [1.82, 2.24) is 4.98 Å². The molecule has 1 aliphatic rings. The van der Waals surface area contributed by atoms with Crippen LogP contribution in [0.15, 0.2) is 48.5 Å². The van der Waals surface area contributed by atoms with E-state index in [0.717, 1.165) is 42.7 Å². The Balaban J connectivity index is 1.36. The van der Waals surface area contributed by atoms with E-state index in [2.05, 4.69) is 15.2 Å². The quantitative estimate of drug-likeness (QED) is 0.594. The molecule has 3 aromatic rings. The van der Waals surface area contributed by atoms with Crippen LogP contribution in [0.4, 0.5) is 11.4 Å². The van der Waals surface area contributed by atoms with Gasteiger partial charge in [-0.2, -0.15) is 0 Å². The molecule has 156 valence electrons. The molecule has 0 aliphatic carbocycles. The molecule has 0 bridgehead atoms. The number of aryl methyl sites for hydroxylation is 1. The number of anilines is 2. The molecule has 1 amide bonds. The predicted octanol–water partition coefficient (Wildman–Crippen LogP) is 4.77. The van der Waals surface area contributed by atoms with Crippen molar-refractivity contribution in [1.29, 1.82) is 0 Å². The fourth-order valence-corrected chi connectivity index (χ4v) is 4.16. The number of carbonyl (C=O) groups is 1. The third kappa shape index (κ3) is 5.11. The molecule has 8 heteroatoms. The summed E-state index contributed by atoms with van der Waals surface area (Å²) in [5.41, 5.74) is 2.58. The molecular weight excluding hydrogens is 422 g/mol. The van der Waals surface area contributed by atoms with Gasteiger partial charge in [0.15, 0.2) is 0 Å². The first-order chi connectivity index (χ1) is 14.6. The van der Waals surface area contributed by atoms with Crippen LogP contribution in [0, 0.1) is 6.92 Å². The third-order valence-corrected chi connectivity index (χ3v) is 6.11. The second kappa shape index (κ2) is 9.47. The van der Waals surface area contributed by atoms with Crippen LogP contribution in [0.3, 0.4) is 0 Å². The number of nitrogens with zero attached hydrogens (tertiary/aromatic N) is 2. The van der Waals surface area contributed by atoms with Gasteiger partial charge in [-0.25, -0.2) is 4.98 Å². The number of rotatable bonds is 6. The Kier molecular flexibility index (Phi) is 6.52. The van der Waals surface area contributed by atoms with Crippen LogP contribution in [0.1, 0.15) is 20.4 Å². The summed E-state index contributed by atoms with van der Waals surface area (Å²) in [6, 6.07) is 15.0. The maximum absolute atomic E-state index is 12.7. The first-order valence-corrected chi connectivity index (χ1v) is 10.9. The van der Waals surface area contributed by atoms with E-state index in [0.29, 0.717) is 28.0 Å². The summed E-state index contributed by atoms with van der Waals surface area (Å²) in [6.07, 6.45) is 0. The normalized spacial score (nSPS) is 13.9. The highest BCUT2D eigenvalue weighted by Crippen LogP contribution is 2.24. The van der Waals surface area contributed by atoms with Crippen LogP contribution in [0.5, 0.6) is 5.75 Å². The van der Waals surface area contributed by atoms with Gasteiger partial charge in [-0.3, -0.25) is 4.79 Å². The SMILES string of the molecule is Cc1nc(COc2ccc(Cl)cc2)sc1C(=O)Nc1ccc(N2CCOCC2)cc1. The molecule has 2 aromatic carbocycles. The first-order valence-electron chi connectivity index (χ1n) is 9.67. The second-order valence-electron chi connectivity index (χ2n) is 6.87. The van der Waals surface area contributed by atoms with E-state index in [4.69, 9.17) is 21.1 Å². The Morgan fingerprint density at radius 2 is 1.87 bits per heavy atom. The van der Waals surface area contributed by atoms with Crippen molar-refractivity contribution < 1.29 is 14.3 Å². The Morgan fingerprint density at radius 1 is 1.17 bits per heavy atom. The molecule has 1 saturated heterocycles. The zero-order valence-electron chi connectivity index (χ0n) is 16.6. The smallest absolute Gasteiger partial charge is 0.267 e. The molecule has 0 spiro atoms. The number of amides is 1. The largest absolute Gasteiger partial charge is 0.486 e. The van der Waals surface area contributed by atoms with Crippen molar-refractivity contribution >= 4 is 40.2 Å². The Hall–Kier alpha value is -2.61. The Labute approximate surface area is 184 Å². The fraction of sp³-hybridized carbons (Fsp3) is 0.273. The summed E-state index contributed by atoms with van der Waals surface area (Å²) >= 11 is 7.22. The lowest BCUT2D eigenvalue weighted by atomic mass is 10.2. The second-order valence-corrected chi connectivity index (χ2v) is 8.39. The number of ether oxygens (including phenoxy) is 2. The zero-order valence-corrected chi connectivity index (χ0v) is 18.1. The fourth-order valence-electron chi connectivity index (χ4n) is 3.17. The molecule has 30 heavy (non-hydrogen) atoms. The molecule has 1 fully saturated rings. The number of hydrogen-bond donors (Lipinski definition) is 1. The third-order valence-electron chi connectivity index (χ3n) is 4.72. The Morgan fingerprint density at radius 3 is 2.57 bits per heavy atom. The number of morpholine rings is 1. The molecule has 0 atom stereocenters. The van der Waals surface area contributed by atoms with Crippen molar-refractivity contribution in [2.24, 2.45) is 0 Å². The average molecular weight is 444 g/mol. The van der Waals surface area contributed by atoms with E-state index < -0.39 is 0 Å². The summed E-state index contributed by atoms with van der Waals surface area (Å²) in [6.45, 7) is 5.38. The van der Waals surface area contributed by atoms with Crippen LogP contribution < -0.4 is 15.0 Å². The van der Waals surface area contributed by atoms with Crippen molar-refractivity contribution in [3.63, 3.8) is 0 Å². The monoisotopic (exact) mass is 443 g/mol. The average Bonchev–Trinajstić information content (AvgIpc) is 3.15. The Bertz CT molecular complexity index is 999. The number of hydrogen-bond acceptors (Lipinski definition) is 6. The van der Waals surface area contributed by atoms with Gasteiger partial charge in [-0.1, -0.05) is 11.6 Å². The highest BCUT2D eigenvalue weighted by molar-refractivity contribution is 7.13. The van der Waals surface area contributed by atoms with Crippen molar-refractivity contribution in [3.8, 4) is 5.75 Å². The van der Waals surface area contributed by atoms with Crippen LogP contribution in [0.25, 0.3) is 0 Å². The predicted molar refractivity (Wildman–Crippen MR) is 120 cm³/mol. The number of nitrogens with one attached hydrogen (secondary N) is 1. The van der Waals surface area contributed by atoms with Gasteiger partial charge < -0.3 is 19.7 Å². The topological polar surface area (TPSA) is 63.7 Å². The molecule has 0 saturated carbocycles. The summed E-state index contributed by atoms with van der Waals surface area (Å²) in [5.74, 6) is 0.542. The number of thiazole rings is 1. The van der Waals surface area contributed by atoms with Crippen LogP contribution in [-0.4, -0.2) is 37.2 Å². The number of aromatic nitrogens is 1. The van der Waals surface area contributed by atoms with E-state index in [9.17, 15) is 4.79 Å². The molecule has 1 N–H and O–H groups in total. The maximum atomic E-state index is 12.7. The number of carbonyl (C=O) groups excluding carboxylic acids is 1. The first kappa shape index (κ1) is 20.7. The van der Waals surface area contributed by atoms with E-state index in [1.807, 2.05) is 31.2 Å². The van der Waals surface area contributed by atoms with Crippen LogP contribution >= 0.6 is 22.9 Å². The minimum atomic E-state index is -0.165. The molecule has 1 aliphatic heterocycles. The lowest BCUT2D eigenvalue weighted by Gasteiger charge is -2.28. The van der Waals surface area contributed by atoms with Crippen molar-refractivity contribution in [2.45, 2.75) is 13.5 Å². The maximum Gasteiger partial charge on any atom is 0.267 e. The molecule has 0 radical (unpaired) electrons. The summed E-state index contributed by atoms with van der Waals surface area (Å²) in [7, 11) is 0. The lowest BCUT2D eigenvalue weighted by molar-refractivity contribution is 0.103. The summed E-state index contributed by atoms with van der Waals surface area (Å²) < 4.78 is 11.1. The van der Waals surface area contributed by atoms with Gasteiger partial charge in [0.2, 0.25) is 0 Å². The molecule has 6 nitrogen and oxygen atoms in total. The van der Waals surface area contributed by atoms with E-state index in [1.54, 1.807) is 24.3 Å². The van der Waals surface area contributed by atoms with Crippen LogP contribution in [-0.2, 0) is 11.3 Å². The van der Waals surface area contributed by atoms with Gasteiger partial charge in [0.1, 0.15) is 22.2 Å². The van der Waals surface area contributed by atoms with Crippen molar-refractivity contribution in [2.75, 3.05) is 36.5 Å². The van der Waals surface area contributed by atoms with Crippen molar-refractivity contribution in [3.05, 3.63) is 69.1 Å². The highest BCUT2D eigenvalue weighted by Gasteiger charge is 2.16. The summed E-state index contributed by atoms with van der Waals surface area (Å²) in [5, 5.41) is 4.36. The summed E-state index contributed by atoms with van der Waals surface area (Å²) in [4.78, 5) is 20.1. The van der Waals surface area contributed by atoms with Gasteiger partial charge in [0.05, 0.1) is 18.9 Å². The van der Waals surface area contributed by atoms with Crippen LogP contribution in [0.2, 0.25) is 5.02 Å². The highest BCUT2D eigenvalue weighted by atomic mass is 35.5. The molecular formula is C22H22ClN3O3S. The van der Waals surface area contributed by atoms with E-state index in [1.165, 1.54) is 11.3 Å². The van der Waals surface area contributed by atoms with Gasteiger partial charge in [-0.05, 0) is 55.5 Å². The van der Waals surface area contributed by atoms with Gasteiger partial charge >= 0.3 is 0 Å². The standard InChI is InChI=1S/C22H22ClN3O3S/c1-15-21(30-20(24-15)14-29-19-8-2-16(23)3-9-19)22(27)25-17-4-6-18(7-5-17)26-10-12-28-13-11-26/h2-9H,10-14H2,1H3,(H,25,27). The molecule has 4 rings (SSSR count). The number of benzene rings is 2. The zero-order chi connectivity index (χ0) is 20.9. The minimum Gasteiger partial charge on any atom is -0.486 e. The van der Waals surface area contributed by atoms with E-state index in [-0.39, 0.29) is 5.91 Å². The molecule has 0 unspecified atom stereocenters. The number of halogens is 1. The van der Waals surface area contributed by atoms with Gasteiger partial charge in [0, 0.05) is 29.5 Å². The lowest BCUT2D eigenvalue weighted by Crippen LogP contribution is -2.36. The minimum absolute atomic E-state index is 0.165.